The number of halogens is 1. The molecule has 3 aromatic carbocycles. The second-order valence-electron chi connectivity index (χ2n) is 8.67. The van der Waals surface area contributed by atoms with E-state index in [0.29, 0.717) is 18.1 Å². The van der Waals surface area contributed by atoms with Crippen molar-refractivity contribution in [2.24, 2.45) is 0 Å². The average molecular weight is 466 g/mol. The van der Waals surface area contributed by atoms with E-state index in [1.165, 1.54) is 32.4 Å². The first-order valence-corrected chi connectivity index (χ1v) is 12.6. The van der Waals surface area contributed by atoms with Gasteiger partial charge in [-0.3, -0.25) is 4.90 Å². The molecule has 1 saturated heterocycles. The summed E-state index contributed by atoms with van der Waals surface area (Å²) in [6, 6.07) is 22.0. The SMILES string of the molecule is OC1(Cc2ccc(Cl)cc2)c2ccccc2Sc2cc(OCCN3CCCCC3)ccc21. The Bertz CT molecular complexity index is 1080. The summed E-state index contributed by atoms with van der Waals surface area (Å²) < 4.78 is 6.11. The molecule has 1 fully saturated rings. The molecular formula is C27H28ClNO2S. The van der Waals surface area contributed by atoms with Gasteiger partial charge in [0, 0.05) is 38.9 Å². The van der Waals surface area contributed by atoms with E-state index in [1.807, 2.05) is 54.6 Å². The fraction of sp³-hybridized carbons (Fsp3) is 0.333. The zero-order valence-corrected chi connectivity index (χ0v) is 19.7. The number of likely N-dealkylation sites (tertiary alicyclic amines) is 1. The van der Waals surface area contributed by atoms with Crippen LogP contribution in [0.3, 0.4) is 0 Å². The van der Waals surface area contributed by atoms with Crippen molar-refractivity contribution in [2.75, 3.05) is 26.2 Å². The minimum absolute atomic E-state index is 0.490. The van der Waals surface area contributed by atoms with Crippen molar-refractivity contribution >= 4 is 23.4 Å². The van der Waals surface area contributed by atoms with E-state index in [1.54, 1.807) is 11.8 Å². The van der Waals surface area contributed by atoms with Gasteiger partial charge < -0.3 is 9.84 Å². The van der Waals surface area contributed by atoms with E-state index in [0.717, 1.165) is 38.8 Å². The molecule has 166 valence electrons. The minimum atomic E-state index is -1.10. The first kappa shape index (κ1) is 21.8. The highest BCUT2D eigenvalue weighted by atomic mass is 35.5. The Labute approximate surface area is 199 Å². The zero-order valence-electron chi connectivity index (χ0n) is 18.1. The lowest BCUT2D eigenvalue weighted by molar-refractivity contribution is 0.0742. The Morgan fingerprint density at radius 1 is 0.906 bits per heavy atom. The number of nitrogens with zero attached hydrogens (tertiary/aromatic N) is 1. The monoisotopic (exact) mass is 465 g/mol. The van der Waals surface area contributed by atoms with Crippen molar-refractivity contribution in [3.05, 3.63) is 88.4 Å². The van der Waals surface area contributed by atoms with Crippen molar-refractivity contribution in [2.45, 2.75) is 41.1 Å². The molecule has 0 aliphatic carbocycles. The van der Waals surface area contributed by atoms with Crippen molar-refractivity contribution in [3.8, 4) is 5.75 Å². The fourth-order valence-corrected chi connectivity index (χ4v) is 6.12. The van der Waals surface area contributed by atoms with E-state index < -0.39 is 5.60 Å². The van der Waals surface area contributed by atoms with Crippen molar-refractivity contribution in [1.29, 1.82) is 0 Å². The largest absolute Gasteiger partial charge is 0.492 e. The van der Waals surface area contributed by atoms with Crippen molar-refractivity contribution in [1.82, 2.24) is 4.90 Å². The van der Waals surface area contributed by atoms with E-state index in [4.69, 9.17) is 16.3 Å². The summed E-state index contributed by atoms with van der Waals surface area (Å²) in [5.74, 6) is 0.862. The molecule has 32 heavy (non-hydrogen) atoms. The number of hydrogen-bond acceptors (Lipinski definition) is 4. The van der Waals surface area contributed by atoms with Gasteiger partial charge in [0.15, 0.2) is 0 Å². The number of piperidine rings is 1. The van der Waals surface area contributed by atoms with Crippen molar-refractivity contribution < 1.29 is 9.84 Å². The smallest absolute Gasteiger partial charge is 0.121 e. The van der Waals surface area contributed by atoms with Gasteiger partial charge in [-0.2, -0.15) is 0 Å². The van der Waals surface area contributed by atoms with Crippen LogP contribution < -0.4 is 4.74 Å². The number of benzene rings is 3. The van der Waals surface area contributed by atoms with Gasteiger partial charge in [0.1, 0.15) is 18.0 Å². The van der Waals surface area contributed by atoms with Gasteiger partial charge in [-0.25, -0.2) is 0 Å². The summed E-state index contributed by atoms with van der Waals surface area (Å²) in [4.78, 5) is 4.62. The Morgan fingerprint density at radius 3 is 2.47 bits per heavy atom. The van der Waals surface area contributed by atoms with Crippen LogP contribution in [-0.2, 0) is 12.0 Å². The molecule has 2 aliphatic heterocycles. The van der Waals surface area contributed by atoms with Crippen LogP contribution in [0.25, 0.3) is 0 Å². The topological polar surface area (TPSA) is 32.7 Å². The third kappa shape index (κ3) is 4.55. The lowest BCUT2D eigenvalue weighted by atomic mass is 9.81. The van der Waals surface area contributed by atoms with Gasteiger partial charge in [0.25, 0.3) is 0 Å². The van der Waals surface area contributed by atoms with Gasteiger partial charge in [0.2, 0.25) is 0 Å². The van der Waals surface area contributed by atoms with E-state index >= 15 is 0 Å². The summed E-state index contributed by atoms with van der Waals surface area (Å²) in [6.45, 7) is 4.01. The molecule has 0 saturated carbocycles. The molecule has 1 N–H and O–H groups in total. The van der Waals surface area contributed by atoms with E-state index in [9.17, 15) is 5.11 Å². The lowest BCUT2D eigenvalue weighted by Gasteiger charge is -2.36. The summed E-state index contributed by atoms with van der Waals surface area (Å²) >= 11 is 7.78. The average Bonchev–Trinajstić information content (AvgIpc) is 2.81. The summed E-state index contributed by atoms with van der Waals surface area (Å²) in [5.41, 5.74) is 1.83. The highest BCUT2D eigenvalue weighted by Gasteiger charge is 2.39. The van der Waals surface area contributed by atoms with E-state index in [-0.39, 0.29) is 0 Å². The molecule has 0 amide bonds. The Morgan fingerprint density at radius 2 is 1.66 bits per heavy atom. The maximum atomic E-state index is 12.0. The number of aliphatic hydroxyl groups is 1. The van der Waals surface area contributed by atoms with Crippen LogP contribution in [0.1, 0.15) is 36.0 Å². The molecule has 1 unspecified atom stereocenters. The molecule has 3 nitrogen and oxygen atoms in total. The third-order valence-electron chi connectivity index (χ3n) is 6.45. The van der Waals surface area contributed by atoms with Crippen LogP contribution in [0.5, 0.6) is 5.75 Å². The van der Waals surface area contributed by atoms with Crippen LogP contribution in [0.4, 0.5) is 0 Å². The third-order valence-corrected chi connectivity index (χ3v) is 7.83. The predicted molar refractivity (Wildman–Crippen MR) is 131 cm³/mol. The quantitative estimate of drug-likeness (QED) is 0.473. The zero-order chi connectivity index (χ0) is 22.0. The molecule has 0 bridgehead atoms. The first-order chi connectivity index (χ1) is 15.6. The molecule has 0 radical (unpaired) electrons. The highest BCUT2D eigenvalue weighted by Crippen LogP contribution is 2.50. The molecule has 3 aromatic rings. The second kappa shape index (κ2) is 9.48. The van der Waals surface area contributed by atoms with Gasteiger partial charge in [-0.15, -0.1) is 0 Å². The summed E-state index contributed by atoms with van der Waals surface area (Å²) in [6.07, 6.45) is 4.42. The standard InChI is InChI=1S/C27H28ClNO2S/c28-21-10-8-20(9-11-21)19-27(30)23-6-2-3-7-25(23)32-26-18-22(12-13-24(26)27)31-17-16-29-14-4-1-5-15-29/h2-3,6-13,18,30H,1,4-5,14-17,19H2. The molecule has 0 spiro atoms. The second-order valence-corrected chi connectivity index (χ2v) is 10.2. The normalized spacial score (nSPS) is 20.4. The van der Waals surface area contributed by atoms with Crippen LogP contribution in [0.2, 0.25) is 5.02 Å². The van der Waals surface area contributed by atoms with Crippen LogP contribution in [0, 0.1) is 0 Å². The van der Waals surface area contributed by atoms with Gasteiger partial charge in [-0.1, -0.05) is 66.2 Å². The molecule has 5 heteroatoms. The van der Waals surface area contributed by atoms with Gasteiger partial charge in [-0.05, 0) is 61.8 Å². The number of ether oxygens (including phenoxy) is 1. The first-order valence-electron chi connectivity index (χ1n) is 11.4. The Kier molecular flexibility index (Phi) is 6.47. The van der Waals surface area contributed by atoms with Crippen LogP contribution in [0.15, 0.2) is 76.5 Å². The van der Waals surface area contributed by atoms with Gasteiger partial charge >= 0.3 is 0 Å². The molecule has 1 atom stereocenters. The maximum absolute atomic E-state index is 12.0. The minimum Gasteiger partial charge on any atom is -0.492 e. The molecule has 2 aliphatic rings. The molecule has 0 aromatic heterocycles. The summed E-state index contributed by atoms with van der Waals surface area (Å²) in [7, 11) is 0. The molecular weight excluding hydrogens is 438 g/mol. The predicted octanol–water partition coefficient (Wildman–Crippen LogP) is 6.15. The van der Waals surface area contributed by atoms with Gasteiger partial charge in [0.05, 0.1) is 0 Å². The summed E-state index contributed by atoms with van der Waals surface area (Å²) in [5, 5.41) is 12.7. The van der Waals surface area contributed by atoms with E-state index in [2.05, 4.69) is 17.0 Å². The molecule has 2 heterocycles. The fourth-order valence-electron chi connectivity index (χ4n) is 4.74. The lowest BCUT2D eigenvalue weighted by Crippen LogP contribution is -2.34. The number of rotatable bonds is 6. The Hall–Kier alpha value is -1.98. The Balaban J connectivity index is 1.40. The van der Waals surface area contributed by atoms with Crippen LogP contribution >= 0.6 is 23.4 Å². The number of hydrogen-bond donors (Lipinski definition) is 1. The van der Waals surface area contributed by atoms with Crippen LogP contribution in [-0.4, -0.2) is 36.2 Å². The maximum Gasteiger partial charge on any atom is 0.121 e. The van der Waals surface area contributed by atoms with Crippen molar-refractivity contribution in [3.63, 3.8) is 0 Å². The molecule has 5 rings (SSSR count). The number of fused-ring (bicyclic) bond motifs is 2. The highest BCUT2D eigenvalue weighted by molar-refractivity contribution is 7.99.